The Morgan fingerprint density at radius 3 is 2.65 bits per heavy atom. The number of allylic oxidation sites excluding steroid dienone is 4. The molecule has 1 aromatic heterocycles. The van der Waals surface area contributed by atoms with E-state index in [1.165, 1.54) is 34.9 Å². The van der Waals surface area contributed by atoms with Gasteiger partial charge in [0, 0.05) is 42.7 Å². The molecule has 2 aromatic carbocycles. The molecule has 2 unspecified atom stereocenters. The third kappa shape index (κ3) is 5.71. The summed E-state index contributed by atoms with van der Waals surface area (Å²) in [6.07, 6.45) is 4.02. The number of nitrogens with zero attached hydrogens (tertiary/aromatic N) is 3. The SMILES string of the molecule is CC1(C2C=C(F)C=C(F)C2)CON=C(c2ccc3c(=O)n(-c4ccc(F)cc4)c(CCCCC(=O)O)nc3c2)C1. The lowest BCUT2D eigenvalue weighted by atomic mass is 9.70. The molecule has 1 aliphatic carbocycles. The van der Waals surface area contributed by atoms with E-state index in [2.05, 4.69) is 5.16 Å². The van der Waals surface area contributed by atoms with Crippen LogP contribution in [0, 0.1) is 17.2 Å². The first-order valence-corrected chi connectivity index (χ1v) is 13.1. The zero-order chi connectivity index (χ0) is 28.4. The fourth-order valence-corrected chi connectivity index (χ4v) is 5.28. The minimum atomic E-state index is -0.903. The second-order valence-corrected chi connectivity index (χ2v) is 10.6. The molecular formula is C30H28F3N3O4. The van der Waals surface area contributed by atoms with Crippen molar-refractivity contribution in [3.05, 3.63) is 93.8 Å². The molecule has 0 radical (unpaired) electrons. The highest BCUT2D eigenvalue weighted by Gasteiger charge is 2.40. The zero-order valence-electron chi connectivity index (χ0n) is 21.9. The highest BCUT2D eigenvalue weighted by atomic mass is 19.1. The number of aromatic nitrogens is 2. The summed E-state index contributed by atoms with van der Waals surface area (Å²) < 4.78 is 43.0. The molecule has 0 fully saturated rings. The number of aryl methyl sites for hydroxylation is 1. The van der Waals surface area contributed by atoms with Crippen LogP contribution in [0.2, 0.25) is 0 Å². The largest absolute Gasteiger partial charge is 0.481 e. The van der Waals surface area contributed by atoms with Crippen LogP contribution < -0.4 is 5.56 Å². The minimum Gasteiger partial charge on any atom is -0.481 e. The summed E-state index contributed by atoms with van der Waals surface area (Å²) in [7, 11) is 0. The van der Waals surface area contributed by atoms with Gasteiger partial charge in [-0.25, -0.2) is 18.2 Å². The highest BCUT2D eigenvalue weighted by molar-refractivity contribution is 6.03. The van der Waals surface area contributed by atoms with Gasteiger partial charge in [-0.15, -0.1) is 0 Å². The Labute approximate surface area is 228 Å². The van der Waals surface area contributed by atoms with Gasteiger partial charge in [-0.05, 0) is 61.2 Å². The van der Waals surface area contributed by atoms with Crippen molar-refractivity contribution in [1.82, 2.24) is 9.55 Å². The summed E-state index contributed by atoms with van der Waals surface area (Å²) in [6.45, 7) is 2.11. The number of oxime groups is 1. The molecule has 0 saturated carbocycles. The highest BCUT2D eigenvalue weighted by Crippen LogP contribution is 2.43. The second kappa shape index (κ2) is 11.1. The Hall–Kier alpha value is -4.21. The van der Waals surface area contributed by atoms with Gasteiger partial charge in [-0.2, -0.15) is 0 Å². The van der Waals surface area contributed by atoms with Crippen LogP contribution in [0.15, 0.2) is 76.2 Å². The Bertz CT molecular complexity index is 1610. The summed E-state index contributed by atoms with van der Waals surface area (Å²) in [5.74, 6) is -2.46. The molecule has 5 rings (SSSR count). The molecular weight excluding hydrogens is 523 g/mol. The van der Waals surface area contributed by atoms with E-state index in [0.29, 0.717) is 59.4 Å². The molecule has 10 heteroatoms. The predicted molar refractivity (Wildman–Crippen MR) is 144 cm³/mol. The zero-order valence-corrected chi connectivity index (χ0v) is 21.9. The third-order valence-corrected chi connectivity index (χ3v) is 7.50. The number of carboxylic acids is 1. The van der Waals surface area contributed by atoms with Crippen LogP contribution in [-0.4, -0.2) is 32.9 Å². The summed E-state index contributed by atoms with van der Waals surface area (Å²) in [6, 6.07) is 10.6. The number of fused-ring (bicyclic) bond motifs is 1. The van der Waals surface area contributed by atoms with Crippen molar-refractivity contribution in [3.63, 3.8) is 0 Å². The molecule has 2 atom stereocenters. The number of unbranched alkanes of at least 4 members (excludes halogenated alkanes) is 1. The standard InChI is InChI=1S/C30H28F3N3O4/c1-30(19-13-21(32)15-22(33)14-19)16-26(35-40-17-30)18-6-11-24-25(12-18)34-27(4-2-3-5-28(37)38)36(29(24)39)23-9-7-20(31)8-10-23/h6-13,15,19H,2-5,14,16-17H2,1H3,(H,37,38). The van der Waals surface area contributed by atoms with E-state index in [4.69, 9.17) is 14.9 Å². The summed E-state index contributed by atoms with van der Waals surface area (Å²) >= 11 is 0. The van der Waals surface area contributed by atoms with Crippen LogP contribution in [0.5, 0.6) is 0 Å². The summed E-state index contributed by atoms with van der Waals surface area (Å²) in [4.78, 5) is 34.9. The van der Waals surface area contributed by atoms with Crippen LogP contribution in [0.1, 0.15) is 50.4 Å². The lowest BCUT2D eigenvalue weighted by Crippen LogP contribution is -2.37. The van der Waals surface area contributed by atoms with Crippen molar-refractivity contribution in [2.24, 2.45) is 16.5 Å². The Morgan fingerprint density at radius 2 is 1.93 bits per heavy atom. The number of benzene rings is 2. The monoisotopic (exact) mass is 551 g/mol. The van der Waals surface area contributed by atoms with Crippen molar-refractivity contribution < 1.29 is 27.9 Å². The van der Waals surface area contributed by atoms with E-state index in [9.17, 15) is 22.8 Å². The fourth-order valence-electron chi connectivity index (χ4n) is 5.28. The predicted octanol–water partition coefficient (Wildman–Crippen LogP) is 6.18. The third-order valence-electron chi connectivity index (χ3n) is 7.50. The maximum absolute atomic E-state index is 14.0. The molecule has 0 amide bonds. The number of halogens is 3. The van der Waals surface area contributed by atoms with Gasteiger partial charge in [0.2, 0.25) is 0 Å². The van der Waals surface area contributed by atoms with Gasteiger partial charge in [0.05, 0.1) is 22.3 Å². The number of aliphatic carboxylic acids is 1. The molecule has 2 aliphatic rings. The maximum Gasteiger partial charge on any atom is 0.303 e. The summed E-state index contributed by atoms with van der Waals surface area (Å²) in [5.41, 5.74) is 1.16. The number of carbonyl (C=O) groups is 1. The van der Waals surface area contributed by atoms with E-state index in [1.54, 1.807) is 18.2 Å². The van der Waals surface area contributed by atoms with Crippen molar-refractivity contribution in [2.45, 2.75) is 45.4 Å². The molecule has 1 N–H and O–H groups in total. The number of hydrogen-bond acceptors (Lipinski definition) is 5. The van der Waals surface area contributed by atoms with Crippen LogP contribution in [0.25, 0.3) is 16.6 Å². The van der Waals surface area contributed by atoms with E-state index >= 15 is 0 Å². The van der Waals surface area contributed by atoms with E-state index in [-0.39, 0.29) is 25.0 Å². The lowest BCUT2D eigenvalue weighted by molar-refractivity contribution is -0.137. The van der Waals surface area contributed by atoms with Crippen LogP contribution in [0.4, 0.5) is 13.2 Å². The topological polar surface area (TPSA) is 93.8 Å². The minimum absolute atomic E-state index is 0.00310. The normalized spacial score (nSPS) is 20.9. The first kappa shape index (κ1) is 27.4. The first-order valence-electron chi connectivity index (χ1n) is 13.1. The molecule has 40 heavy (non-hydrogen) atoms. The summed E-state index contributed by atoms with van der Waals surface area (Å²) in [5, 5.41) is 13.5. The fraction of sp³-hybridized carbons (Fsp3) is 0.333. The molecule has 1 aliphatic heterocycles. The molecule has 2 heterocycles. The van der Waals surface area contributed by atoms with Crippen molar-refractivity contribution in [3.8, 4) is 5.69 Å². The van der Waals surface area contributed by atoms with E-state index in [0.717, 1.165) is 6.08 Å². The Kier molecular flexibility index (Phi) is 7.60. The first-order chi connectivity index (χ1) is 19.1. The van der Waals surface area contributed by atoms with E-state index in [1.807, 2.05) is 6.92 Å². The van der Waals surface area contributed by atoms with E-state index < -0.39 is 34.8 Å². The average molecular weight is 552 g/mol. The second-order valence-electron chi connectivity index (χ2n) is 10.6. The molecule has 0 saturated heterocycles. The van der Waals surface area contributed by atoms with Crippen LogP contribution >= 0.6 is 0 Å². The van der Waals surface area contributed by atoms with Gasteiger partial charge in [0.1, 0.15) is 29.9 Å². The van der Waals surface area contributed by atoms with Crippen molar-refractivity contribution >= 4 is 22.6 Å². The Morgan fingerprint density at radius 1 is 1.15 bits per heavy atom. The van der Waals surface area contributed by atoms with Gasteiger partial charge in [0.15, 0.2) is 0 Å². The molecule has 0 spiro atoms. The average Bonchev–Trinajstić information content (AvgIpc) is 2.91. The van der Waals surface area contributed by atoms with Gasteiger partial charge in [-0.3, -0.25) is 14.2 Å². The van der Waals surface area contributed by atoms with Crippen molar-refractivity contribution in [2.75, 3.05) is 6.61 Å². The van der Waals surface area contributed by atoms with Gasteiger partial charge < -0.3 is 9.94 Å². The number of carboxylic acid groups (broad SMARTS) is 1. The van der Waals surface area contributed by atoms with Crippen molar-refractivity contribution in [1.29, 1.82) is 0 Å². The van der Waals surface area contributed by atoms with Gasteiger partial charge in [0.25, 0.3) is 5.56 Å². The molecule has 0 bridgehead atoms. The Balaban J connectivity index is 1.50. The number of rotatable bonds is 8. The van der Waals surface area contributed by atoms with Gasteiger partial charge >= 0.3 is 5.97 Å². The molecule has 3 aromatic rings. The maximum atomic E-state index is 14.0. The quantitative estimate of drug-likeness (QED) is 0.338. The van der Waals surface area contributed by atoms with Crippen LogP contribution in [-0.2, 0) is 16.1 Å². The smallest absolute Gasteiger partial charge is 0.303 e. The number of hydrogen-bond donors (Lipinski definition) is 1. The molecule has 7 nitrogen and oxygen atoms in total. The molecule has 208 valence electrons. The van der Waals surface area contributed by atoms with Gasteiger partial charge in [-0.1, -0.05) is 18.1 Å². The van der Waals surface area contributed by atoms with Crippen LogP contribution in [0.3, 0.4) is 0 Å². The lowest BCUT2D eigenvalue weighted by Gasteiger charge is -2.38.